The minimum absolute atomic E-state index is 0.121. The molecule has 2 rings (SSSR count). The van der Waals surface area contributed by atoms with Crippen molar-refractivity contribution in [2.24, 2.45) is 0 Å². The van der Waals surface area contributed by atoms with Crippen LogP contribution in [0.15, 0.2) is 46.9 Å². The predicted octanol–water partition coefficient (Wildman–Crippen LogP) is 3.36. The van der Waals surface area contributed by atoms with Gasteiger partial charge in [-0.15, -0.1) is 0 Å². The van der Waals surface area contributed by atoms with Crippen LogP contribution < -0.4 is 9.62 Å². The molecule has 0 fully saturated rings. The summed E-state index contributed by atoms with van der Waals surface area (Å²) in [6.45, 7) is 2.90. The van der Waals surface area contributed by atoms with Crippen LogP contribution in [0.25, 0.3) is 0 Å². The number of Topliss-reactive ketones (excluding diaryl/α,β-unsaturated/α-hetero) is 1. The zero-order chi connectivity index (χ0) is 19.5. The smallest absolute Gasteiger partial charge is 0.245 e. The largest absolute Gasteiger partial charge is 0.324 e. The second-order valence-electron chi connectivity index (χ2n) is 5.89. The second kappa shape index (κ2) is 8.01. The minimum atomic E-state index is -3.65. The van der Waals surface area contributed by atoms with Gasteiger partial charge in [-0.05, 0) is 49.7 Å². The van der Waals surface area contributed by atoms with E-state index in [2.05, 4.69) is 21.2 Å². The third-order valence-electron chi connectivity index (χ3n) is 3.67. The first-order valence-electron chi connectivity index (χ1n) is 7.72. The SMILES string of the molecule is CC(=O)c1cccc(NC(=O)CN(c2ccc(Br)c(C)c2)S(C)(=O)=O)c1. The minimum Gasteiger partial charge on any atom is -0.324 e. The highest BCUT2D eigenvalue weighted by atomic mass is 79.9. The molecule has 8 heteroatoms. The molecule has 1 amide bonds. The van der Waals surface area contributed by atoms with Gasteiger partial charge in [0.2, 0.25) is 15.9 Å². The van der Waals surface area contributed by atoms with Crippen molar-refractivity contribution in [3.8, 4) is 0 Å². The number of hydrogen-bond acceptors (Lipinski definition) is 4. The average molecular weight is 439 g/mol. The molecule has 0 radical (unpaired) electrons. The van der Waals surface area contributed by atoms with Crippen LogP contribution in [-0.2, 0) is 14.8 Å². The number of carbonyl (C=O) groups excluding carboxylic acids is 2. The first-order chi connectivity index (χ1) is 12.1. The molecule has 1 N–H and O–H groups in total. The van der Waals surface area contributed by atoms with Crippen molar-refractivity contribution in [3.05, 3.63) is 58.1 Å². The topological polar surface area (TPSA) is 83.6 Å². The van der Waals surface area contributed by atoms with Gasteiger partial charge in [0.15, 0.2) is 5.78 Å². The average Bonchev–Trinajstić information content (AvgIpc) is 2.54. The molecule has 2 aromatic rings. The number of aryl methyl sites for hydroxylation is 1. The van der Waals surface area contributed by atoms with E-state index in [9.17, 15) is 18.0 Å². The lowest BCUT2D eigenvalue weighted by atomic mass is 10.1. The zero-order valence-electron chi connectivity index (χ0n) is 14.6. The number of benzene rings is 2. The molecule has 26 heavy (non-hydrogen) atoms. The van der Waals surface area contributed by atoms with Gasteiger partial charge in [0.25, 0.3) is 0 Å². The Morgan fingerprint density at radius 2 is 1.85 bits per heavy atom. The normalized spacial score (nSPS) is 11.1. The summed E-state index contributed by atoms with van der Waals surface area (Å²) in [6.07, 6.45) is 1.05. The number of halogens is 1. The Hall–Kier alpha value is -2.19. The monoisotopic (exact) mass is 438 g/mol. The number of hydrogen-bond donors (Lipinski definition) is 1. The Labute approximate surface area is 161 Å². The number of amides is 1. The third kappa shape index (κ3) is 5.15. The van der Waals surface area contributed by atoms with Crippen LogP contribution in [-0.4, -0.2) is 32.9 Å². The summed E-state index contributed by atoms with van der Waals surface area (Å²) in [6, 6.07) is 11.5. The van der Waals surface area contributed by atoms with Gasteiger partial charge in [-0.25, -0.2) is 8.42 Å². The van der Waals surface area contributed by atoms with E-state index in [1.54, 1.807) is 42.5 Å². The van der Waals surface area contributed by atoms with E-state index in [0.29, 0.717) is 16.9 Å². The van der Waals surface area contributed by atoms with Gasteiger partial charge in [-0.3, -0.25) is 13.9 Å². The highest BCUT2D eigenvalue weighted by Crippen LogP contribution is 2.24. The Morgan fingerprint density at radius 3 is 2.42 bits per heavy atom. The van der Waals surface area contributed by atoms with Gasteiger partial charge in [0.05, 0.1) is 11.9 Å². The summed E-state index contributed by atoms with van der Waals surface area (Å²) >= 11 is 3.37. The van der Waals surface area contributed by atoms with Crippen molar-refractivity contribution in [1.82, 2.24) is 0 Å². The molecule has 0 aromatic heterocycles. The number of rotatable bonds is 6. The Morgan fingerprint density at radius 1 is 1.15 bits per heavy atom. The molecule has 0 saturated carbocycles. The van der Waals surface area contributed by atoms with Crippen LogP contribution in [0.2, 0.25) is 0 Å². The highest BCUT2D eigenvalue weighted by molar-refractivity contribution is 9.10. The van der Waals surface area contributed by atoms with Gasteiger partial charge in [0.1, 0.15) is 6.54 Å². The molecule has 0 saturated heterocycles. The molecule has 0 spiro atoms. The molecule has 6 nitrogen and oxygen atoms in total. The van der Waals surface area contributed by atoms with E-state index >= 15 is 0 Å². The number of nitrogens with zero attached hydrogens (tertiary/aromatic N) is 1. The zero-order valence-corrected chi connectivity index (χ0v) is 17.0. The van der Waals surface area contributed by atoms with Gasteiger partial charge in [-0.1, -0.05) is 28.1 Å². The van der Waals surface area contributed by atoms with Crippen molar-refractivity contribution in [2.75, 3.05) is 22.4 Å². The molecule has 0 aliphatic rings. The summed E-state index contributed by atoms with van der Waals surface area (Å²) < 4.78 is 26.2. The van der Waals surface area contributed by atoms with Crippen molar-refractivity contribution in [1.29, 1.82) is 0 Å². The number of ketones is 1. The van der Waals surface area contributed by atoms with E-state index in [4.69, 9.17) is 0 Å². The van der Waals surface area contributed by atoms with E-state index < -0.39 is 15.9 Å². The molecule has 138 valence electrons. The van der Waals surface area contributed by atoms with Crippen LogP contribution in [0.5, 0.6) is 0 Å². The maximum absolute atomic E-state index is 12.4. The molecule has 0 unspecified atom stereocenters. The molecule has 0 aliphatic heterocycles. The van der Waals surface area contributed by atoms with Crippen molar-refractivity contribution in [2.45, 2.75) is 13.8 Å². The quantitative estimate of drug-likeness (QED) is 0.700. The number of nitrogens with one attached hydrogen (secondary N) is 1. The summed E-state index contributed by atoms with van der Waals surface area (Å²) in [5.74, 6) is -0.624. The third-order valence-corrected chi connectivity index (χ3v) is 5.70. The molecule has 0 aliphatic carbocycles. The fourth-order valence-electron chi connectivity index (χ4n) is 2.33. The predicted molar refractivity (Wildman–Crippen MR) is 106 cm³/mol. The van der Waals surface area contributed by atoms with E-state index in [0.717, 1.165) is 20.6 Å². The van der Waals surface area contributed by atoms with Gasteiger partial charge < -0.3 is 5.32 Å². The summed E-state index contributed by atoms with van der Waals surface area (Å²) in [5, 5.41) is 2.63. The standard InChI is InChI=1S/C18H19BrN2O4S/c1-12-9-16(7-8-17(12)19)21(26(3,24)25)11-18(23)20-15-6-4-5-14(10-15)13(2)22/h4-10H,11H2,1-3H3,(H,20,23). The molecular formula is C18H19BrN2O4S. The lowest BCUT2D eigenvalue weighted by Gasteiger charge is -2.22. The highest BCUT2D eigenvalue weighted by Gasteiger charge is 2.21. The Bertz CT molecular complexity index is 957. The molecule has 0 heterocycles. The lowest BCUT2D eigenvalue weighted by Crippen LogP contribution is -2.37. The molecule has 0 atom stereocenters. The fourth-order valence-corrected chi connectivity index (χ4v) is 3.43. The molecular weight excluding hydrogens is 420 g/mol. The maximum atomic E-state index is 12.4. The van der Waals surface area contributed by atoms with Gasteiger partial charge in [-0.2, -0.15) is 0 Å². The number of anilines is 2. The fraction of sp³-hybridized carbons (Fsp3) is 0.222. The second-order valence-corrected chi connectivity index (χ2v) is 8.65. The van der Waals surface area contributed by atoms with Crippen molar-refractivity contribution < 1.29 is 18.0 Å². The molecule has 2 aromatic carbocycles. The van der Waals surface area contributed by atoms with Crippen molar-refractivity contribution in [3.63, 3.8) is 0 Å². The van der Waals surface area contributed by atoms with Gasteiger partial charge in [0, 0.05) is 15.7 Å². The van der Waals surface area contributed by atoms with E-state index in [1.807, 2.05) is 6.92 Å². The Balaban J connectivity index is 2.23. The lowest BCUT2D eigenvalue weighted by molar-refractivity contribution is -0.114. The van der Waals surface area contributed by atoms with Crippen molar-refractivity contribution >= 4 is 49.0 Å². The number of sulfonamides is 1. The first kappa shape index (κ1) is 20.1. The van der Waals surface area contributed by atoms with Gasteiger partial charge >= 0.3 is 0 Å². The van der Waals surface area contributed by atoms with E-state index in [-0.39, 0.29) is 12.3 Å². The van der Waals surface area contributed by atoms with Crippen LogP contribution in [0.3, 0.4) is 0 Å². The van der Waals surface area contributed by atoms with E-state index in [1.165, 1.54) is 6.92 Å². The summed E-state index contributed by atoms with van der Waals surface area (Å²) in [7, 11) is -3.65. The van der Waals surface area contributed by atoms with Crippen LogP contribution in [0.1, 0.15) is 22.8 Å². The first-order valence-corrected chi connectivity index (χ1v) is 10.4. The maximum Gasteiger partial charge on any atom is 0.245 e. The summed E-state index contributed by atoms with van der Waals surface area (Å²) in [4.78, 5) is 23.8. The molecule has 0 bridgehead atoms. The summed E-state index contributed by atoms with van der Waals surface area (Å²) in [5.41, 5.74) is 2.15. The van der Waals surface area contributed by atoms with Crippen LogP contribution in [0.4, 0.5) is 11.4 Å². The number of carbonyl (C=O) groups is 2. The Kier molecular flexibility index (Phi) is 6.20. The van der Waals surface area contributed by atoms with Crippen LogP contribution >= 0.6 is 15.9 Å². The van der Waals surface area contributed by atoms with Crippen LogP contribution in [0, 0.1) is 6.92 Å².